The Kier molecular flexibility index (Phi) is 14.4. The molecule has 214 valence electrons. The van der Waals surface area contributed by atoms with Crippen molar-refractivity contribution in [1.82, 2.24) is 16.0 Å². The van der Waals surface area contributed by atoms with E-state index >= 15 is 0 Å². The van der Waals surface area contributed by atoms with Crippen LogP contribution >= 0.6 is 0 Å². The number of nitrogens with two attached hydrogens (primary N) is 2. The number of aromatic hydroxyl groups is 1. The molecule has 38 heavy (non-hydrogen) atoms. The first-order chi connectivity index (χ1) is 17.9. The summed E-state index contributed by atoms with van der Waals surface area (Å²) in [5.74, 6) is -2.93. The maximum Gasteiger partial charge on any atom is 0.326 e. The van der Waals surface area contributed by atoms with Gasteiger partial charge in [-0.1, -0.05) is 46.2 Å². The quantitative estimate of drug-likeness (QED) is 0.143. The molecule has 0 aliphatic rings. The highest BCUT2D eigenvalue weighted by atomic mass is 16.4. The molecule has 1 rings (SSSR count). The zero-order valence-corrected chi connectivity index (χ0v) is 22.9. The minimum absolute atomic E-state index is 0.0296. The summed E-state index contributed by atoms with van der Waals surface area (Å²) in [4.78, 5) is 50.9. The molecular formula is C27H45N5O6. The summed E-state index contributed by atoms with van der Waals surface area (Å²) < 4.78 is 0. The molecule has 0 fully saturated rings. The molecule has 0 spiro atoms. The number of carbonyl (C=O) groups is 4. The molecule has 5 atom stereocenters. The molecule has 1 aromatic rings. The third-order valence-corrected chi connectivity index (χ3v) is 6.42. The van der Waals surface area contributed by atoms with Crippen LogP contribution in [-0.2, 0) is 25.6 Å². The van der Waals surface area contributed by atoms with E-state index in [2.05, 4.69) is 16.0 Å². The molecular weight excluding hydrogens is 490 g/mol. The fraction of sp³-hybridized carbons (Fsp3) is 0.630. The van der Waals surface area contributed by atoms with Gasteiger partial charge in [-0.3, -0.25) is 14.4 Å². The molecule has 3 amide bonds. The lowest BCUT2D eigenvalue weighted by Gasteiger charge is -2.28. The highest BCUT2D eigenvalue weighted by Gasteiger charge is 2.32. The number of amides is 3. The first-order valence-corrected chi connectivity index (χ1v) is 13.3. The second-order valence-electron chi connectivity index (χ2n) is 10.2. The Bertz CT molecular complexity index is 908. The van der Waals surface area contributed by atoms with Gasteiger partial charge in [0.1, 0.15) is 23.9 Å². The lowest BCUT2D eigenvalue weighted by Crippen LogP contribution is -2.59. The maximum absolute atomic E-state index is 13.3. The third-order valence-electron chi connectivity index (χ3n) is 6.42. The van der Waals surface area contributed by atoms with Crippen LogP contribution in [-0.4, -0.2) is 64.6 Å². The van der Waals surface area contributed by atoms with Crippen LogP contribution in [0.4, 0.5) is 0 Å². The number of unbranched alkanes of at least 4 members (excludes halogenated alkanes) is 1. The first kappa shape index (κ1) is 32.8. The molecule has 0 heterocycles. The molecule has 5 unspecified atom stereocenters. The number of rotatable bonds is 17. The summed E-state index contributed by atoms with van der Waals surface area (Å²) in [6.45, 7) is 7.89. The lowest BCUT2D eigenvalue weighted by molar-refractivity contribution is -0.142. The fourth-order valence-corrected chi connectivity index (χ4v) is 3.93. The smallest absolute Gasteiger partial charge is 0.326 e. The molecule has 0 bridgehead atoms. The Hall–Kier alpha value is -3.18. The zero-order valence-electron chi connectivity index (χ0n) is 22.9. The number of carboxylic acid groups (broad SMARTS) is 1. The predicted molar refractivity (Wildman–Crippen MR) is 145 cm³/mol. The Labute approximate surface area is 225 Å². The van der Waals surface area contributed by atoms with E-state index in [-0.39, 0.29) is 36.8 Å². The van der Waals surface area contributed by atoms with Gasteiger partial charge in [0.2, 0.25) is 17.7 Å². The molecule has 0 saturated heterocycles. The number of nitrogens with one attached hydrogen (secondary N) is 3. The summed E-state index contributed by atoms with van der Waals surface area (Å²) in [5, 5.41) is 27.0. The van der Waals surface area contributed by atoms with Gasteiger partial charge in [0.25, 0.3) is 0 Å². The van der Waals surface area contributed by atoms with Crippen molar-refractivity contribution < 1.29 is 29.4 Å². The second kappa shape index (κ2) is 16.6. The summed E-state index contributed by atoms with van der Waals surface area (Å²) in [6.07, 6.45) is 2.48. The van der Waals surface area contributed by atoms with Crippen molar-refractivity contribution in [1.29, 1.82) is 0 Å². The van der Waals surface area contributed by atoms with Crippen LogP contribution in [0.2, 0.25) is 0 Å². The monoisotopic (exact) mass is 535 g/mol. The maximum atomic E-state index is 13.3. The van der Waals surface area contributed by atoms with Crippen LogP contribution in [0.5, 0.6) is 5.75 Å². The van der Waals surface area contributed by atoms with E-state index in [1.807, 2.05) is 27.7 Å². The van der Waals surface area contributed by atoms with Gasteiger partial charge in [0.15, 0.2) is 0 Å². The van der Waals surface area contributed by atoms with Crippen molar-refractivity contribution in [2.24, 2.45) is 23.3 Å². The van der Waals surface area contributed by atoms with E-state index in [9.17, 15) is 29.4 Å². The molecule has 9 N–H and O–H groups in total. The van der Waals surface area contributed by atoms with Gasteiger partial charge in [-0.05, 0) is 68.2 Å². The number of aliphatic carboxylic acids is 1. The predicted octanol–water partition coefficient (Wildman–Crippen LogP) is 1.02. The van der Waals surface area contributed by atoms with Crippen molar-refractivity contribution in [3.05, 3.63) is 29.8 Å². The highest BCUT2D eigenvalue weighted by molar-refractivity contribution is 5.94. The highest BCUT2D eigenvalue weighted by Crippen LogP contribution is 2.14. The lowest BCUT2D eigenvalue weighted by atomic mass is 9.96. The number of carboxylic acids is 1. The Balaban J connectivity index is 2.96. The van der Waals surface area contributed by atoms with Crippen molar-refractivity contribution >= 4 is 23.7 Å². The van der Waals surface area contributed by atoms with Gasteiger partial charge in [-0.15, -0.1) is 0 Å². The average Bonchev–Trinajstić information content (AvgIpc) is 2.86. The number of hydrogen-bond donors (Lipinski definition) is 7. The van der Waals surface area contributed by atoms with E-state index in [1.54, 1.807) is 12.1 Å². The third kappa shape index (κ3) is 11.5. The van der Waals surface area contributed by atoms with Crippen LogP contribution < -0.4 is 27.4 Å². The van der Waals surface area contributed by atoms with Crippen molar-refractivity contribution in [3.63, 3.8) is 0 Å². The van der Waals surface area contributed by atoms with Gasteiger partial charge < -0.3 is 37.6 Å². The van der Waals surface area contributed by atoms with Gasteiger partial charge in [-0.2, -0.15) is 0 Å². The zero-order chi connectivity index (χ0) is 28.8. The number of carbonyl (C=O) groups excluding carboxylic acids is 3. The molecule has 11 nitrogen and oxygen atoms in total. The Morgan fingerprint density at radius 1 is 0.895 bits per heavy atom. The molecule has 0 aliphatic carbocycles. The number of phenolic OH excluding ortho intramolecular Hbond substituents is 1. The molecule has 0 saturated carbocycles. The van der Waals surface area contributed by atoms with E-state index in [0.29, 0.717) is 25.8 Å². The Morgan fingerprint density at radius 3 is 2.03 bits per heavy atom. The standard InChI is InChI=1S/C27H45N5O6/c1-5-17(4)23(32-24(34)20(29)15-18-9-11-19(33)12-10-18)26(36)31-22(14-16(2)3)25(35)30-21(27(37)38)8-6-7-13-28/h9-12,16-17,20-23,33H,5-8,13-15,28-29H2,1-4H3,(H,30,35)(H,31,36)(H,32,34)(H,37,38). The Morgan fingerprint density at radius 2 is 1.50 bits per heavy atom. The van der Waals surface area contributed by atoms with E-state index in [4.69, 9.17) is 11.5 Å². The largest absolute Gasteiger partial charge is 0.508 e. The van der Waals surface area contributed by atoms with Gasteiger partial charge in [-0.25, -0.2) is 4.79 Å². The van der Waals surface area contributed by atoms with Gasteiger partial charge in [0.05, 0.1) is 6.04 Å². The molecule has 1 aromatic carbocycles. The van der Waals surface area contributed by atoms with Gasteiger partial charge in [0, 0.05) is 0 Å². The van der Waals surface area contributed by atoms with Gasteiger partial charge >= 0.3 is 5.97 Å². The van der Waals surface area contributed by atoms with E-state index in [1.165, 1.54) is 12.1 Å². The van der Waals surface area contributed by atoms with Crippen molar-refractivity contribution in [2.45, 2.75) is 90.4 Å². The van der Waals surface area contributed by atoms with E-state index < -0.39 is 47.9 Å². The summed E-state index contributed by atoms with van der Waals surface area (Å²) in [5.41, 5.74) is 12.3. The first-order valence-electron chi connectivity index (χ1n) is 13.3. The van der Waals surface area contributed by atoms with Crippen LogP contribution in [0.1, 0.15) is 65.4 Å². The van der Waals surface area contributed by atoms with Crippen LogP contribution in [0.3, 0.4) is 0 Å². The SMILES string of the molecule is CCC(C)C(NC(=O)C(N)Cc1ccc(O)cc1)C(=O)NC(CC(C)C)C(=O)NC(CCCCN)C(=O)O. The summed E-state index contributed by atoms with van der Waals surface area (Å²) >= 11 is 0. The summed E-state index contributed by atoms with van der Waals surface area (Å²) in [7, 11) is 0. The molecule has 11 heteroatoms. The number of benzene rings is 1. The topological polar surface area (TPSA) is 197 Å². The number of phenols is 1. The second-order valence-corrected chi connectivity index (χ2v) is 10.2. The average molecular weight is 536 g/mol. The fourth-order valence-electron chi connectivity index (χ4n) is 3.93. The molecule has 0 radical (unpaired) electrons. The van der Waals surface area contributed by atoms with Crippen molar-refractivity contribution in [2.75, 3.05) is 6.54 Å². The minimum Gasteiger partial charge on any atom is -0.508 e. The number of hydrogen-bond acceptors (Lipinski definition) is 7. The molecule has 0 aromatic heterocycles. The molecule has 0 aliphatic heterocycles. The minimum atomic E-state index is -1.16. The van der Waals surface area contributed by atoms with Crippen molar-refractivity contribution in [3.8, 4) is 5.75 Å². The van der Waals surface area contributed by atoms with E-state index in [0.717, 1.165) is 5.56 Å². The summed E-state index contributed by atoms with van der Waals surface area (Å²) in [6, 6.07) is 2.38. The van der Waals surface area contributed by atoms with Crippen LogP contribution in [0.15, 0.2) is 24.3 Å². The van der Waals surface area contributed by atoms with Crippen LogP contribution in [0.25, 0.3) is 0 Å². The van der Waals surface area contributed by atoms with Crippen LogP contribution in [0, 0.1) is 11.8 Å². The normalized spacial score (nSPS) is 15.1.